The highest BCUT2D eigenvalue weighted by Gasteiger charge is 2.22. The second-order valence-electron chi connectivity index (χ2n) is 3.90. The van der Waals surface area contributed by atoms with Crippen LogP contribution in [0.15, 0.2) is 24.3 Å². The maximum absolute atomic E-state index is 12.9. The molecule has 1 heterocycles. The zero-order valence-electron chi connectivity index (χ0n) is 8.50. The van der Waals surface area contributed by atoms with Gasteiger partial charge in [0.1, 0.15) is 5.82 Å². The van der Waals surface area contributed by atoms with E-state index >= 15 is 0 Å². The smallest absolute Gasteiger partial charge is 0.166 e. The van der Waals surface area contributed by atoms with E-state index < -0.39 is 0 Å². The Morgan fingerprint density at radius 3 is 2.73 bits per heavy atom. The van der Waals surface area contributed by atoms with Crippen molar-refractivity contribution in [2.24, 2.45) is 5.92 Å². The lowest BCUT2D eigenvalue weighted by Gasteiger charge is -2.21. The first kappa shape index (κ1) is 10.3. The molecule has 1 fully saturated rings. The largest absolute Gasteiger partial charge is 0.317 e. The summed E-state index contributed by atoms with van der Waals surface area (Å²) in [6, 6.07) is 5.96. The first-order valence-corrected chi connectivity index (χ1v) is 5.28. The summed E-state index contributed by atoms with van der Waals surface area (Å²) < 4.78 is 12.9. The van der Waals surface area contributed by atoms with Crippen LogP contribution in [-0.2, 0) is 0 Å². The number of carbonyl (C=O) groups is 1. The van der Waals surface area contributed by atoms with Crippen molar-refractivity contribution in [1.82, 2.24) is 5.32 Å². The molecule has 0 spiro atoms. The van der Waals surface area contributed by atoms with E-state index in [1.807, 2.05) is 0 Å². The molecule has 1 N–H and O–H groups in total. The zero-order chi connectivity index (χ0) is 10.7. The van der Waals surface area contributed by atoms with Crippen molar-refractivity contribution in [2.45, 2.75) is 12.8 Å². The van der Waals surface area contributed by atoms with Gasteiger partial charge in [0.2, 0.25) is 0 Å². The SMILES string of the molecule is O=C(c1cccc(F)c1)C1CCNCC1. The number of Topliss-reactive ketones (excluding diaryl/α,β-unsaturated/α-hetero) is 1. The molecule has 0 aliphatic carbocycles. The number of nitrogens with one attached hydrogen (secondary N) is 1. The first-order chi connectivity index (χ1) is 7.27. The predicted octanol–water partition coefficient (Wildman–Crippen LogP) is 2.01. The fraction of sp³-hybridized carbons (Fsp3) is 0.417. The molecule has 1 saturated heterocycles. The molecule has 0 unspecified atom stereocenters. The van der Waals surface area contributed by atoms with E-state index in [2.05, 4.69) is 5.32 Å². The summed E-state index contributed by atoms with van der Waals surface area (Å²) in [4.78, 5) is 12.0. The third-order valence-electron chi connectivity index (χ3n) is 2.82. The van der Waals surface area contributed by atoms with Gasteiger partial charge in [0, 0.05) is 11.5 Å². The van der Waals surface area contributed by atoms with Gasteiger partial charge in [-0.05, 0) is 38.1 Å². The first-order valence-electron chi connectivity index (χ1n) is 5.28. The van der Waals surface area contributed by atoms with E-state index in [4.69, 9.17) is 0 Å². The maximum atomic E-state index is 12.9. The predicted molar refractivity (Wildman–Crippen MR) is 56.3 cm³/mol. The molecule has 15 heavy (non-hydrogen) atoms. The molecule has 0 atom stereocenters. The number of benzene rings is 1. The Hall–Kier alpha value is -1.22. The van der Waals surface area contributed by atoms with Crippen molar-refractivity contribution in [2.75, 3.05) is 13.1 Å². The molecular weight excluding hydrogens is 193 g/mol. The molecule has 1 aliphatic rings. The van der Waals surface area contributed by atoms with Crippen LogP contribution < -0.4 is 5.32 Å². The van der Waals surface area contributed by atoms with Crippen LogP contribution in [0.2, 0.25) is 0 Å². The van der Waals surface area contributed by atoms with Crippen molar-refractivity contribution in [1.29, 1.82) is 0 Å². The lowest BCUT2D eigenvalue weighted by molar-refractivity contribution is 0.0894. The van der Waals surface area contributed by atoms with Crippen LogP contribution in [0, 0.1) is 11.7 Å². The number of ketones is 1. The summed E-state index contributed by atoms with van der Waals surface area (Å²) in [7, 11) is 0. The molecule has 2 rings (SSSR count). The Labute approximate surface area is 88.5 Å². The molecule has 1 aromatic rings. The molecule has 0 radical (unpaired) electrons. The summed E-state index contributed by atoms with van der Waals surface area (Å²) in [5.41, 5.74) is 0.502. The van der Waals surface area contributed by atoms with Crippen molar-refractivity contribution >= 4 is 5.78 Å². The molecule has 2 nitrogen and oxygen atoms in total. The van der Waals surface area contributed by atoms with Crippen molar-refractivity contribution in [3.05, 3.63) is 35.6 Å². The zero-order valence-corrected chi connectivity index (χ0v) is 8.50. The molecule has 3 heteroatoms. The topological polar surface area (TPSA) is 29.1 Å². The number of halogens is 1. The van der Waals surface area contributed by atoms with Crippen LogP contribution in [0.3, 0.4) is 0 Å². The van der Waals surface area contributed by atoms with Crippen LogP contribution >= 0.6 is 0 Å². The average Bonchev–Trinajstić information content (AvgIpc) is 2.29. The van der Waals surface area contributed by atoms with Crippen LogP contribution in [0.4, 0.5) is 4.39 Å². The highest BCUT2D eigenvalue weighted by atomic mass is 19.1. The highest BCUT2D eigenvalue weighted by Crippen LogP contribution is 2.18. The quantitative estimate of drug-likeness (QED) is 0.751. The van der Waals surface area contributed by atoms with Crippen LogP contribution in [0.25, 0.3) is 0 Å². The lowest BCUT2D eigenvalue weighted by Crippen LogP contribution is -2.31. The van der Waals surface area contributed by atoms with E-state index in [-0.39, 0.29) is 17.5 Å². The molecule has 0 amide bonds. The minimum atomic E-state index is -0.338. The summed E-state index contributed by atoms with van der Waals surface area (Å²) in [5.74, 6) is -0.196. The Balaban J connectivity index is 2.12. The van der Waals surface area contributed by atoms with Gasteiger partial charge in [-0.3, -0.25) is 4.79 Å². The van der Waals surface area contributed by atoms with Crippen LogP contribution in [0.5, 0.6) is 0 Å². The monoisotopic (exact) mass is 207 g/mol. The van der Waals surface area contributed by atoms with Crippen molar-refractivity contribution in [3.8, 4) is 0 Å². The molecule has 0 saturated carbocycles. The normalized spacial score (nSPS) is 17.7. The number of carbonyl (C=O) groups excluding carboxylic acids is 1. The third-order valence-corrected chi connectivity index (χ3v) is 2.82. The van der Waals surface area contributed by atoms with Gasteiger partial charge in [0.25, 0.3) is 0 Å². The van der Waals surface area contributed by atoms with Gasteiger partial charge in [-0.1, -0.05) is 12.1 Å². The van der Waals surface area contributed by atoms with Gasteiger partial charge in [0.05, 0.1) is 0 Å². The lowest BCUT2D eigenvalue weighted by atomic mass is 9.90. The Bertz CT molecular complexity index is 358. The average molecular weight is 207 g/mol. The highest BCUT2D eigenvalue weighted by molar-refractivity contribution is 5.97. The van der Waals surface area contributed by atoms with E-state index in [0.29, 0.717) is 5.56 Å². The minimum Gasteiger partial charge on any atom is -0.317 e. The van der Waals surface area contributed by atoms with Gasteiger partial charge >= 0.3 is 0 Å². The van der Waals surface area contributed by atoms with Crippen molar-refractivity contribution < 1.29 is 9.18 Å². The molecular formula is C12H14FNO. The van der Waals surface area contributed by atoms with E-state index in [0.717, 1.165) is 25.9 Å². The minimum absolute atomic E-state index is 0.0630. The van der Waals surface area contributed by atoms with Gasteiger partial charge in [-0.25, -0.2) is 4.39 Å². The molecule has 0 bridgehead atoms. The van der Waals surface area contributed by atoms with Gasteiger partial charge in [0.15, 0.2) is 5.78 Å². The Morgan fingerprint density at radius 1 is 1.33 bits per heavy atom. The summed E-state index contributed by atoms with van der Waals surface area (Å²) in [5, 5.41) is 3.21. The Kier molecular flexibility index (Phi) is 3.11. The fourth-order valence-electron chi connectivity index (χ4n) is 1.96. The van der Waals surface area contributed by atoms with Gasteiger partial charge < -0.3 is 5.32 Å². The number of hydrogen-bond acceptors (Lipinski definition) is 2. The number of rotatable bonds is 2. The number of hydrogen-bond donors (Lipinski definition) is 1. The molecule has 1 aromatic carbocycles. The molecule has 80 valence electrons. The second-order valence-corrected chi connectivity index (χ2v) is 3.90. The number of piperidine rings is 1. The summed E-state index contributed by atoms with van der Waals surface area (Å²) in [6.07, 6.45) is 1.71. The van der Waals surface area contributed by atoms with Crippen LogP contribution in [-0.4, -0.2) is 18.9 Å². The third kappa shape index (κ3) is 2.42. The maximum Gasteiger partial charge on any atom is 0.166 e. The van der Waals surface area contributed by atoms with Gasteiger partial charge in [-0.15, -0.1) is 0 Å². The fourth-order valence-corrected chi connectivity index (χ4v) is 1.96. The van der Waals surface area contributed by atoms with E-state index in [9.17, 15) is 9.18 Å². The van der Waals surface area contributed by atoms with Crippen LogP contribution in [0.1, 0.15) is 23.2 Å². The molecule has 1 aliphatic heterocycles. The van der Waals surface area contributed by atoms with Gasteiger partial charge in [-0.2, -0.15) is 0 Å². The second kappa shape index (κ2) is 4.53. The standard InChI is InChI=1S/C12H14FNO/c13-11-3-1-2-10(8-11)12(15)9-4-6-14-7-5-9/h1-3,8-9,14H,4-7H2. The summed E-state index contributed by atoms with van der Waals surface area (Å²) >= 11 is 0. The van der Waals surface area contributed by atoms with E-state index in [1.54, 1.807) is 12.1 Å². The van der Waals surface area contributed by atoms with Crippen molar-refractivity contribution in [3.63, 3.8) is 0 Å². The molecule has 0 aromatic heterocycles. The van der Waals surface area contributed by atoms with E-state index in [1.165, 1.54) is 12.1 Å². The summed E-state index contributed by atoms with van der Waals surface area (Å²) in [6.45, 7) is 1.76. The Morgan fingerprint density at radius 2 is 2.07 bits per heavy atom.